The first-order valence-corrected chi connectivity index (χ1v) is 38.5. The van der Waals surface area contributed by atoms with E-state index in [1.807, 2.05) is 0 Å². The van der Waals surface area contributed by atoms with Crippen molar-refractivity contribution in [3.8, 4) is 89.3 Å². The van der Waals surface area contributed by atoms with Gasteiger partial charge in [0.15, 0.2) is 0 Å². The second-order valence-electron chi connectivity index (χ2n) is 29.8. The van der Waals surface area contributed by atoms with Gasteiger partial charge in [0.25, 0.3) is 6.71 Å². The molecule has 0 N–H and O–H groups in total. The van der Waals surface area contributed by atoms with Crippen LogP contribution in [0.4, 0.5) is 34.1 Å². The number of hydrogen-bond acceptors (Lipinski definition) is 2. The Balaban J connectivity index is 0.922. The fourth-order valence-corrected chi connectivity index (χ4v) is 19.0. The summed E-state index contributed by atoms with van der Waals surface area (Å²) >= 11 is 0. The normalized spacial score (nSPS) is 12.5. The summed E-state index contributed by atoms with van der Waals surface area (Å²) < 4.78 is 5.05. The standard InChI is InChI=1S/C106H67BN4/c1-7-28-68(29-8-1)78-60-88(70-32-11-3-12-33-70)105(89(61-78)71-34-13-4-14-35-71)110-98-64-77(82-56-52-76-51-50-74-40-27-41-75-53-57-87(82)103(76)102(74)75)54-58-92(98)107-93-59-55-80(108-94-46-23-19-42-83(94)84-43-20-24-47-95(84)108)65-99(93)111(101-67-81(66-100(110)104(101)107)109-96-48-25-21-44-85(96)86-45-22-26-49-97(86)109)106-90(72-36-15-5-16-37-72)62-79(69-30-9-2-10-31-69)63-91(106)73-38-17-6-18-39-73/h1-67H. The molecular weight excluding hydrogens is 1340 g/mol. The Morgan fingerprint density at radius 3 is 0.964 bits per heavy atom. The molecule has 2 aromatic heterocycles. The molecule has 21 aromatic rings. The molecule has 19 aromatic carbocycles. The molecule has 2 aliphatic rings. The van der Waals surface area contributed by atoms with Crippen molar-refractivity contribution in [2.24, 2.45) is 0 Å². The number of benzene rings is 19. The summed E-state index contributed by atoms with van der Waals surface area (Å²) in [6.45, 7) is -0.310. The summed E-state index contributed by atoms with van der Waals surface area (Å²) in [5.74, 6) is 0. The summed E-state index contributed by atoms with van der Waals surface area (Å²) in [6.07, 6.45) is 0. The number of fused-ring (bicyclic) bond motifs is 10. The van der Waals surface area contributed by atoms with E-state index in [1.54, 1.807) is 0 Å². The second-order valence-corrected chi connectivity index (χ2v) is 29.8. The summed E-state index contributed by atoms with van der Waals surface area (Å²) in [5.41, 5.74) is 32.6. The highest BCUT2D eigenvalue weighted by Gasteiger charge is 2.46. The molecule has 514 valence electrons. The molecular formula is C106H67BN4. The van der Waals surface area contributed by atoms with E-state index in [4.69, 9.17) is 0 Å². The number of anilines is 6. The number of nitrogens with zero attached hydrogens (tertiary/aromatic N) is 4. The van der Waals surface area contributed by atoms with Gasteiger partial charge in [0.1, 0.15) is 0 Å². The maximum atomic E-state index is 2.73. The zero-order valence-electron chi connectivity index (χ0n) is 60.5. The second kappa shape index (κ2) is 25.0. The lowest BCUT2D eigenvalue weighted by atomic mass is 9.33. The fourth-order valence-electron chi connectivity index (χ4n) is 19.0. The van der Waals surface area contributed by atoms with Gasteiger partial charge in [-0.15, -0.1) is 0 Å². The molecule has 23 rings (SSSR count). The van der Waals surface area contributed by atoms with Crippen LogP contribution >= 0.6 is 0 Å². The van der Waals surface area contributed by atoms with Crippen LogP contribution in [-0.2, 0) is 0 Å². The van der Waals surface area contributed by atoms with Crippen LogP contribution < -0.4 is 26.2 Å². The van der Waals surface area contributed by atoms with Crippen molar-refractivity contribution >= 4 is 133 Å². The predicted octanol–water partition coefficient (Wildman–Crippen LogP) is 26.5. The third-order valence-electron chi connectivity index (χ3n) is 23.8. The van der Waals surface area contributed by atoms with Gasteiger partial charge in [-0.05, 0) is 183 Å². The van der Waals surface area contributed by atoms with Gasteiger partial charge in [-0.1, -0.05) is 328 Å². The molecule has 0 unspecified atom stereocenters. The maximum Gasteiger partial charge on any atom is 0.252 e. The van der Waals surface area contributed by atoms with Crippen molar-refractivity contribution in [2.75, 3.05) is 9.80 Å². The Kier molecular flexibility index (Phi) is 14.1. The zero-order chi connectivity index (χ0) is 72.8. The minimum Gasteiger partial charge on any atom is -0.310 e. The van der Waals surface area contributed by atoms with Crippen LogP contribution in [0.2, 0.25) is 0 Å². The molecule has 0 fully saturated rings. The van der Waals surface area contributed by atoms with Crippen LogP contribution in [0.5, 0.6) is 0 Å². The molecule has 2 aliphatic heterocycles. The molecule has 111 heavy (non-hydrogen) atoms. The third-order valence-corrected chi connectivity index (χ3v) is 23.8. The summed E-state index contributed by atoms with van der Waals surface area (Å²) in [4.78, 5) is 5.45. The van der Waals surface area contributed by atoms with Gasteiger partial charge in [-0.3, -0.25) is 0 Å². The molecule has 5 heteroatoms. The Morgan fingerprint density at radius 2 is 0.532 bits per heavy atom. The van der Waals surface area contributed by atoms with Crippen molar-refractivity contribution < 1.29 is 0 Å². The summed E-state index contributed by atoms with van der Waals surface area (Å²) in [7, 11) is 0. The van der Waals surface area contributed by atoms with Crippen LogP contribution in [0.1, 0.15) is 0 Å². The Morgan fingerprint density at radius 1 is 0.189 bits per heavy atom. The third kappa shape index (κ3) is 9.75. The van der Waals surface area contributed by atoms with Crippen molar-refractivity contribution in [1.29, 1.82) is 0 Å². The van der Waals surface area contributed by atoms with Crippen molar-refractivity contribution in [1.82, 2.24) is 9.13 Å². The van der Waals surface area contributed by atoms with Crippen molar-refractivity contribution in [3.05, 3.63) is 406 Å². The minimum atomic E-state index is -0.310. The van der Waals surface area contributed by atoms with E-state index >= 15 is 0 Å². The molecule has 0 amide bonds. The highest BCUT2D eigenvalue weighted by molar-refractivity contribution is 7.00. The Hall–Kier alpha value is -14.5. The van der Waals surface area contributed by atoms with Gasteiger partial charge < -0.3 is 18.9 Å². The van der Waals surface area contributed by atoms with Crippen molar-refractivity contribution in [3.63, 3.8) is 0 Å². The lowest BCUT2D eigenvalue weighted by molar-refractivity contribution is 1.15. The van der Waals surface area contributed by atoms with Gasteiger partial charge in [-0.2, -0.15) is 0 Å². The van der Waals surface area contributed by atoms with Crippen LogP contribution in [-0.4, -0.2) is 15.8 Å². The van der Waals surface area contributed by atoms with Crippen LogP contribution in [0.15, 0.2) is 406 Å². The van der Waals surface area contributed by atoms with Crippen LogP contribution in [0.25, 0.3) is 165 Å². The van der Waals surface area contributed by atoms with Crippen LogP contribution in [0.3, 0.4) is 0 Å². The highest BCUT2D eigenvalue weighted by atomic mass is 15.2. The first-order chi connectivity index (χ1) is 55.1. The number of hydrogen-bond donors (Lipinski definition) is 0. The number of aromatic nitrogens is 2. The van der Waals surface area contributed by atoms with Crippen molar-refractivity contribution in [2.45, 2.75) is 0 Å². The summed E-state index contributed by atoms with van der Waals surface area (Å²) in [6, 6.07) is 153. The van der Waals surface area contributed by atoms with E-state index < -0.39 is 0 Å². The predicted molar refractivity (Wildman–Crippen MR) is 471 cm³/mol. The fraction of sp³-hybridized carbons (Fsp3) is 0. The number of rotatable bonds is 11. The van der Waals surface area contributed by atoms with Gasteiger partial charge in [0, 0.05) is 72.2 Å². The molecule has 0 atom stereocenters. The van der Waals surface area contributed by atoms with E-state index in [1.165, 1.54) is 75.8 Å². The lowest BCUT2D eigenvalue weighted by Crippen LogP contribution is -2.61. The number of para-hydroxylation sites is 4. The van der Waals surface area contributed by atoms with E-state index in [-0.39, 0.29) is 6.71 Å². The maximum absolute atomic E-state index is 2.73. The molecule has 0 saturated heterocycles. The van der Waals surface area contributed by atoms with E-state index in [0.717, 1.165) is 140 Å². The van der Waals surface area contributed by atoms with Gasteiger partial charge >= 0.3 is 0 Å². The molecule has 0 saturated carbocycles. The SMILES string of the molecule is c1ccc(-c2cc(-c3ccccc3)c(N3c4cc(-c5ccc6ccc7cccc8ccc5c6c78)ccc4B4c5ccc(-n6c7ccccc7c7ccccc76)cc5N(c5c(-c6ccccc6)cc(-c6ccccc6)cc5-c5ccccc5)c5cc(-n6c7ccccc7c7ccccc76)cc3c54)c(-c3ccccc3)c2)cc1. The zero-order valence-corrected chi connectivity index (χ0v) is 60.5. The first-order valence-electron chi connectivity index (χ1n) is 38.5. The Labute approximate surface area is 643 Å². The monoisotopic (exact) mass is 1410 g/mol. The molecule has 0 spiro atoms. The minimum absolute atomic E-state index is 0.310. The Bertz CT molecular complexity index is 7070. The molecule has 4 heterocycles. The first kappa shape index (κ1) is 62.7. The van der Waals surface area contributed by atoms with Gasteiger partial charge in [0.2, 0.25) is 0 Å². The molecule has 0 aliphatic carbocycles. The van der Waals surface area contributed by atoms with E-state index in [9.17, 15) is 0 Å². The molecule has 0 radical (unpaired) electrons. The van der Waals surface area contributed by atoms with Crippen LogP contribution in [0, 0.1) is 0 Å². The van der Waals surface area contributed by atoms with E-state index in [2.05, 4.69) is 425 Å². The average molecular weight is 1410 g/mol. The summed E-state index contributed by atoms with van der Waals surface area (Å²) in [5, 5.41) is 12.4. The molecule has 0 bridgehead atoms. The van der Waals surface area contributed by atoms with Gasteiger partial charge in [-0.25, -0.2) is 0 Å². The topological polar surface area (TPSA) is 16.3 Å². The largest absolute Gasteiger partial charge is 0.310 e. The lowest BCUT2D eigenvalue weighted by Gasteiger charge is -2.46. The molecule has 4 nitrogen and oxygen atoms in total. The average Bonchev–Trinajstić information content (AvgIpc) is 1.48. The smallest absolute Gasteiger partial charge is 0.252 e. The quantitative estimate of drug-likeness (QED) is 0.0948. The highest BCUT2D eigenvalue weighted by Crippen LogP contribution is 2.56. The van der Waals surface area contributed by atoms with E-state index in [0.29, 0.717) is 0 Å². The van der Waals surface area contributed by atoms with Gasteiger partial charge in [0.05, 0.1) is 39.1 Å².